The molecule has 0 amide bonds. The largest absolute Gasteiger partial charge is 0.472 e. The Bertz CT molecular complexity index is 414. The quantitative estimate of drug-likeness (QED) is 0.590. The number of rotatable bonds is 6. The summed E-state index contributed by atoms with van der Waals surface area (Å²) in [4.78, 5) is 0. The Morgan fingerprint density at radius 2 is 2.06 bits per heavy atom. The Kier molecular flexibility index (Phi) is 4.32. The van der Waals surface area contributed by atoms with Crippen LogP contribution in [0.4, 0.5) is 0 Å². The molecule has 1 unspecified atom stereocenters. The number of nitrogens with two attached hydrogens (primary N) is 1. The Morgan fingerprint density at radius 3 is 2.71 bits per heavy atom. The number of hydrogen-bond acceptors (Lipinski definition) is 4. The van der Waals surface area contributed by atoms with Crippen LogP contribution in [0.1, 0.15) is 17.2 Å². The van der Waals surface area contributed by atoms with Crippen molar-refractivity contribution in [2.45, 2.75) is 12.6 Å². The molecule has 90 valence electrons. The molecular weight excluding hydrogens is 216 g/mol. The number of furan rings is 1. The SMILES string of the molecule is NNC(COCc1ccccc1)c1ccoc1. The lowest BCUT2D eigenvalue weighted by molar-refractivity contribution is 0.0985. The Balaban J connectivity index is 1.81. The number of ether oxygens (including phenoxy) is 1. The predicted octanol–water partition coefficient (Wildman–Crippen LogP) is 2.00. The molecule has 2 aromatic rings. The van der Waals surface area contributed by atoms with Gasteiger partial charge in [0.2, 0.25) is 0 Å². The molecule has 0 saturated carbocycles. The highest BCUT2D eigenvalue weighted by molar-refractivity contribution is 5.14. The molecule has 1 aromatic heterocycles. The average Bonchev–Trinajstić information content (AvgIpc) is 2.90. The van der Waals surface area contributed by atoms with Crippen LogP contribution in [0, 0.1) is 0 Å². The number of hydrazine groups is 1. The van der Waals surface area contributed by atoms with E-state index in [9.17, 15) is 0 Å². The summed E-state index contributed by atoms with van der Waals surface area (Å²) in [6.07, 6.45) is 3.28. The summed E-state index contributed by atoms with van der Waals surface area (Å²) in [6, 6.07) is 11.9. The van der Waals surface area contributed by atoms with Crippen LogP contribution in [-0.4, -0.2) is 6.61 Å². The molecule has 3 N–H and O–H groups in total. The zero-order valence-electron chi connectivity index (χ0n) is 9.50. The first kappa shape index (κ1) is 11.9. The van der Waals surface area contributed by atoms with Gasteiger partial charge in [-0.2, -0.15) is 0 Å². The third kappa shape index (κ3) is 3.42. The molecule has 4 heteroatoms. The van der Waals surface area contributed by atoms with E-state index < -0.39 is 0 Å². The van der Waals surface area contributed by atoms with Gasteiger partial charge in [-0.1, -0.05) is 30.3 Å². The maximum absolute atomic E-state index is 5.61. The van der Waals surface area contributed by atoms with E-state index in [0.717, 1.165) is 11.1 Å². The fourth-order valence-electron chi connectivity index (χ4n) is 1.58. The molecule has 2 rings (SSSR count). The molecule has 0 bridgehead atoms. The highest BCUT2D eigenvalue weighted by Crippen LogP contribution is 2.13. The fourth-order valence-corrected chi connectivity index (χ4v) is 1.58. The van der Waals surface area contributed by atoms with Gasteiger partial charge in [0.1, 0.15) is 0 Å². The standard InChI is InChI=1S/C13H16N2O2/c14-15-13(12-6-7-16-9-12)10-17-8-11-4-2-1-3-5-11/h1-7,9,13,15H,8,10,14H2. The molecule has 4 nitrogen and oxygen atoms in total. The number of nitrogens with one attached hydrogen (secondary N) is 1. The van der Waals surface area contributed by atoms with Gasteiger partial charge in [-0.3, -0.25) is 11.3 Å². The average molecular weight is 232 g/mol. The van der Waals surface area contributed by atoms with Crippen molar-refractivity contribution in [3.05, 3.63) is 60.1 Å². The van der Waals surface area contributed by atoms with E-state index in [4.69, 9.17) is 15.0 Å². The van der Waals surface area contributed by atoms with Crippen molar-refractivity contribution in [3.63, 3.8) is 0 Å². The number of benzene rings is 1. The first-order valence-corrected chi connectivity index (χ1v) is 5.50. The van der Waals surface area contributed by atoms with Crippen LogP contribution < -0.4 is 11.3 Å². The van der Waals surface area contributed by atoms with Gasteiger partial charge >= 0.3 is 0 Å². The van der Waals surface area contributed by atoms with Gasteiger partial charge in [0.25, 0.3) is 0 Å². The molecule has 0 fully saturated rings. The highest BCUT2D eigenvalue weighted by atomic mass is 16.5. The summed E-state index contributed by atoms with van der Waals surface area (Å²) in [5, 5.41) is 0. The fraction of sp³-hybridized carbons (Fsp3) is 0.231. The second kappa shape index (κ2) is 6.20. The Morgan fingerprint density at radius 1 is 1.24 bits per heavy atom. The van der Waals surface area contributed by atoms with Crippen LogP contribution in [0.15, 0.2) is 53.3 Å². The predicted molar refractivity (Wildman–Crippen MR) is 64.9 cm³/mol. The van der Waals surface area contributed by atoms with Gasteiger partial charge in [0, 0.05) is 5.56 Å². The van der Waals surface area contributed by atoms with Crippen LogP contribution in [0.25, 0.3) is 0 Å². The van der Waals surface area contributed by atoms with Crippen molar-refractivity contribution in [3.8, 4) is 0 Å². The minimum absolute atomic E-state index is 0.0440. The summed E-state index contributed by atoms with van der Waals surface area (Å²) in [7, 11) is 0. The molecule has 0 aliphatic rings. The first-order chi connectivity index (χ1) is 8.40. The minimum Gasteiger partial charge on any atom is -0.472 e. The normalized spacial score (nSPS) is 12.5. The zero-order valence-corrected chi connectivity index (χ0v) is 9.50. The molecule has 0 saturated heterocycles. The van der Waals surface area contributed by atoms with Crippen molar-refractivity contribution in [2.75, 3.05) is 6.61 Å². The van der Waals surface area contributed by atoms with Gasteiger partial charge in [-0.15, -0.1) is 0 Å². The van der Waals surface area contributed by atoms with Crippen molar-refractivity contribution in [1.29, 1.82) is 0 Å². The monoisotopic (exact) mass is 232 g/mol. The molecule has 0 radical (unpaired) electrons. The van der Waals surface area contributed by atoms with Gasteiger partial charge in [0.15, 0.2) is 0 Å². The Hall–Kier alpha value is -1.62. The summed E-state index contributed by atoms with van der Waals surface area (Å²) < 4.78 is 10.6. The molecule has 1 atom stereocenters. The van der Waals surface area contributed by atoms with Crippen molar-refractivity contribution < 1.29 is 9.15 Å². The summed E-state index contributed by atoms with van der Waals surface area (Å²) >= 11 is 0. The maximum atomic E-state index is 5.61. The summed E-state index contributed by atoms with van der Waals surface area (Å²) in [5.74, 6) is 5.47. The van der Waals surface area contributed by atoms with Crippen LogP contribution >= 0.6 is 0 Å². The van der Waals surface area contributed by atoms with Crippen molar-refractivity contribution >= 4 is 0 Å². The van der Waals surface area contributed by atoms with Crippen LogP contribution in [0.5, 0.6) is 0 Å². The van der Waals surface area contributed by atoms with Gasteiger partial charge in [0.05, 0.1) is 31.8 Å². The molecule has 0 spiro atoms. The van der Waals surface area contributed by atoms with E-state index in [1.165, 1.54) is 0 Å². The summed E-state index contributed by atoms with van der Waals surface area (Å²) in [6.45, 7) is 1.09. The smallest absolute Gasteiger partial charge is 0.0951 e. The second-order valence-electron chi connectivity index (χ2n) is 3.78. The molecule has 1 aromatic carbocycles. The van der Waals surface area contributed by atoms with E-state index in [2.05, 4.69) is 5.43 Å². The molecule has 0 aliphatic carbocycles. The van der Waals surface area contributed by atoms with Crippen LogP contribution in [-0.2, 0) is 11.3 Å². The number of hydrogen-bond donors (Lipinski definition) is 2. The molecule has 17 heavy (non-hydrogen) atoms. The van der Waals surface area contributed by atoms with Crippen molar-refractivity contribution in [2.24, 2.45) is 5.84 Å². The molecular formula is C13H16N2O2. The van der Waals surface area contributed by atoms with Gasteiger partial charge in [-0.25, -0.2) is 0 Å². The molecule has 1 heterocycles. The van der Waals surface area contributed by atoms with E-state index in [1.807, 2.05) is 36.4 Å². The summed E-state index contributed by atoms with van der Waals surface area (Å²) in [5.41, 5.74) is 4.84. The van der Waals surface area contributed by atoms with E-state index >= 15 is 0 Å². The lowest BCUT2D eigenvalue weighted by Gasteiger charge is -2.14. The second-order valence-corrected chi connectivity index (χ2v) is 3.78. The third-order valence-electron chi connectivity index (χ3n) is 2.54. The van der Waals surface area contributed by atoms with E-state index in [0.29, 0.717) is 13.2 Å². The Labute approximate surface area is 100 Å². The highest BCUT2D eigenvalue weighted by Gasteiger charge is 2.10. The third-order valence-corrected chi connectivity index (χ3v) is 2.54. The molecule has 0 aliphatic heterocycles. The van der Waals surface area contributed by atoms with Crippen molar-refractivity contribution in [1.82, 2.24) is 5.43 Å². The zero-order chi connectivity index (χ0) is 11.9. The minimum atomic E-state index is -0.0440. The lowest BCUT2D eigenvalue weighted by atomic mass is 10.2. The van der Waals surface area contributed by atoms with Crippen LogP contribution in [0.3, 0.4) is 0 Å². The maximum Gasteiger partial charge on any atom is 0.0951 e. The first-order valence-electron chi connectivity index (χ1n) is 5.50. The topological polar surface area (TPSA) is 60.4 Å². The van der Waals surface area contributed by atoms with E-state index in [-0.39, 0.29) is 6.04 Å². The van der Waals surface area contributed by atoms with E-state index in [1.54, 1.807) is 12.5 Å². The van der Waals surface area contributed by atoms with Gasteiger partial charge in [-0.05, 0) is 11.6 Å². The lowest BCUT2D eigenvalue weighted by Crippen LogP contribution is -2.31. The van der Waals surface area contributed by atoms with Crippen LogP contribution in [0.2, 0.25) is 0 Å². The van der Waals surface area contributed by atoms with Gasteiger partial charge < -0.3 is 9.15 Å².